The summed E-state index contributed by atoms with van der Waals surface area (Å²) in [5, 5.41) is 2.75. The lowest BCUT2D eigenvalue weighted by atomic mass is 10.1. The van der Waals surface area contributed by atoms with Gasteiger partial charge in [0.1, 0.15) is 5.75 Å². The molecule has 0 aromatic heterocycles. The summed E-state index contributed by atoms with van der Waals surface area (Å²) in [4.78, 5) is 23.7. The summed E-state index contributed by atoms with van der Waals surface area (Å²) in [5.41, 5.74) is 2.51. The lowest BCUT2D eigenvalue weighted by Gasteiger charge is -2.13. The Bertz CT molecular complexity index is 746. The van der Waals surface area contributed by atoms with Gasteiger partial charge in [-0.1, -0.05) is 30.3 Å². The van der Waals surface area contributed by atoms with Crippen LogP contribution in [0, 0.1) is 0 Å². The second kappa shape index (κ2) is 9.87. The summed E-state index contributed by atoms with van der Waals surface area (Å²) >= 11 is 1.54. The van der Waals surface area contributed by atoms with E-state index < -0.39 is 0 Å². The fraction of sp³-hybridized carbons (Fsp3) is 0.300. The molecule has 0 radical (unpaired) electrons. The van der Waals surface area contributed by atoms with Gasteiger partial charge in [0.15, 0.2) is 0 Å². The van der Waals surface area contributed by atoms with Crippen LogP contribution in [0.15, 0.2) is 48.5 Å². The van der Waals surface area contributed by atoms with Crippen LogP contribution in [0.2, 0.25) is 0 Å². The van der Waals surface area contributed by atoms with Gasteiger partial charge < -0.3 is 14.8 Å². The van der Waals surface area contributed by atoms with Crippen molar-refractivity contribution in [2.75, 3.05) is 14.2 Å². The van der Waals surface area contributed by atoms with Gasteiger partial charge in [0, 0.05) is 17.9 Å². The maximum Gasteiger partial charge on any atom is 0.337 e. The number of amides is 1. The molecule has 2 aromatic rings. The molecule has 0 unspecified atom stereocenters. The van der Waals surface area contributed by atoms with Crippen molar-refractivity contribution < 1.29 is 19.1 Å². The molecular weight excluding hydrogens is 350 g/mol. The van der Waals surface area contributed by atoms with Crippen molar-refractivity contribution in [3.05, 3.63) is 65.2 Å². The molecule has 5 nitrogen and oxygen atoms in total. The third-order valence-electron chi connectivity index (χ3n) is 3.89. The summed E-state index contributed by atoms with van der Waals surface area (Å²) < 4.78 is 9.97. The van der Waals surface area contributed by atoms with Crippen molar-refractivity contribution in [1.29, 1.82) is 0 Å². The molecule has 0 spiro atoms. The van der Waals surface area contributed by atoms with E-state index in [0.29, 0.717) is 17.9 Å². The van der Waals surface area contributed by atoms with Crippen LogP contribution in [0.4, 0.5) is 0 Å². The SMILES string of the molecule is COC(=O)c1ccc(CS[C@H](C)C(=O)NCc2ccccc2OC)cc1. The number of benzene rings is 2. The van der Waals surface area contributed by atoms with Gasteiger partial charge in [-0.3, -0.25) is 4.79 Å². The highest BCUT2D eigenvalue weighted by Crippen LogP contribution is 2.20. The Morgan fingerprint density at radius 3 is 2.42 bits per heavy atom. The Balaban J connectivity index is 1.82. The van der Waals surface area contributed by atoms with Crippen LogP contribution in [-0.2, 0) is 21.8 Å². The number of carbonyl (C=O) groups is 2. The minimum atomic E-state index is -0.353. The fourth-order valence-electron chi connectivity index (χ4n) is 2.33. The van der Waals surface area contributed by atoms with Crippen LogP contribution >= 0.6 is 11.8 Å². The van der Waals surface area contributed by atoms with Crippen LogP contribution in [0.3, 0.4) is 0 Å². The first-order chi connectivity index (χ1) is 12.5. The van der Waals surface area contributed by atoms with Gasteiger partial charge in [-0.05, 0) is 30.7 Å². The molecule has 2 rings (SSSR count). The minimum absolute atomic E-state index is 0.0212. The average Bonchev–Trinajstić information content (AvgIpc) is 2.70. The predicted octanol–water partition coefficient (Wildman–Crippen LogP) is 3.42. The van der Waals surface area contributed by atoms with E-state index >= 15 is 0 Å². The van der Waals surface area contributed by atoms with Gasteiger partial charge in [0.05, 0.1) is 25.0 Å². The molecule has 138 valence electrons. The Labute approximate surface area is 158 Å². The summed E-state index contributed by atoms with van der Waals surface area (Å²) in [6.07, 6.45) is 0. The molecule has 0 aliphatic carbocycles. The number of hydrogen-bond donors (Lipinski definition) is 1. The molecule has 1 amide bonds. The van der Waals surface area contributed by atoms with E-state index in [2.05, 4.69) is 10.1 Å². The maximum atomic E-state index is 12.3. The topological polar surface area (TPSA) is 64.6 Å². The van der Waals surface area contributed by atoms with Crippen LogP contribution < -0.4 is 10.1 Å². The van der Waals surface area contributed by atoms with Crippen molar-refractivity contribution in [1.82, 2.24) is 5.32 Å². The van der Waals surface area contributed by atoms with E-state index in [1.165, 1.54) is 7.11 Å². The standard InChI is InChI=1S/C20H23NO4S/c1-14(19(22)21-12-17-6-4-5-7-18(17)24-2)26-13-15-8-10-16(11-9-15)20(23)25-3/h4-11,14H,12-13H2,1-3H3,(H,21,22)/t14-/m1/s1. The van der Waals surface area contributed by atoms with Gasteiger partial charge in [-0.2, -0.15) is 0 Å². The van der Waals surface area contributed by atoms with E-state index in [0.717, 1.165) is 16.9 Å². The predicted molar refractivity (Wildman–Crippen MR) is 103 cm³/mol. The number of methoxy groups -OCH3 is 2. The van der Waals surface area contributed by atoms with Gasteiger partial charge in [0.25, 0.3) is 0 Å². The van der Waals surface area contributed by atoms with E-state index in [4.69, 9.17) is 4.74 Å². The maximum absolute atomic E-state index is 12.3. The third-order valence-corrected chi connectivity index (χ3v) is 5.10. The largest absolute Gasteiger partial charge is 0.496 e. The molecule has 1 N–H and O–H groups in total. The number of hydrogen-bond acceptors (Lipinski definition) is 5. The molecule has 26 heavy (non-hydrogen) atoms. The summed E-state index contributed by atoms with van der Waals surface area (Å²) in [6.45, 7) is 2.31. The summed E-state index contributed by atoms with van der Waals surface area (Å²) in [6, 6.07) is 14.8. The van der Waals surface area contributed by atoms with E-state index in [-0.39, 0.29) is 17.1 Å². The van der Waals surface area contributed by atoms with Gasteiger partial charge in [-0.25, -0.2) is 4.79 Å². The first kappa shape index (κ1) is 19.8. The number of thioether (sulfide) groups is 1. The first-order valence-corrected chi connectivity index (χ1v) is 9.28. The summed E-state index contributed by atoms with van der Waals surface area (Å²) in [5.74, 6) is 1.07. The highest BCUT2D eigenvalue weighted by Gasteiger charge is 2.14. The second-order valence-corrected chi connectivity index (χ2v) is 7.00. The number of carbonyl (C=O) groups excluding carboxylic acids is 2. The monoisotopic (exact) mass is 373 g/mol. The van der Waals surface area contributed by atoms with E-state index in [1.54, 1.807) is 31.0 Å². The van der Waals surface area contributed by atoms with E-state index in [9.17, 15) is 9.59 Å². The highest BCUT2D eigenvalue weighted by molar-refractivity contribution is 7.99. The molecule has 2 aromatic carbocycles. The Hall–Kier alpha value is -2.47. The van der Waals surface area contributed by atoms with Crippen molar-refractivity contribution in [3.8, 4) is 5.75 Å². The third kappa shape index (κ3) is 5.52. The number of nitrogens with one attached hydrogen (secondary N) is 1. The Morgan fingerprint density at radius 1 is 1.08 bits per heavy atom. The lowest BCUT2D eigenvalue weighted by molar-refractivity contribution is -0.120. The summed E-state index contributed by atoms with van der Waals surface area (Å²) in [7, 11) is 2.97. The van der Waals surface area contributed by atoms with Crippen LogP contribution in [0.5, 0.6) is 5.75 Å². The van der Waals surface area contributed by atoms with Gasteiger partial charge >= 0.3 is 5.97 Å². The van der Waals surface area contributed by atoms with E-state index in [1.807, 2.05) is 43.3 Å². The highest BCUT2D eigenvalue weighted by atomic mass is 32.2. The molecule has 0 fully saturated rings. The van der Waals surface area contributed by atoms with Crippen molar-refractivity contribution >= 4 is 23.6 Å². The Morgan fingerprint density at radius 2 is 1.77 bits per heavy atom. The molecule has 0 heterocycles. The normalized spacial score (nSPS) is 11.5. The van der Waals surface area contributed by atoms with Crippen molar-refractivity contribution in [2.45, 2.75) is 24.5 Å². The molecule has 0 bridgehead atoms. The van der Waals surface area contributed by atoms with Crippen LogP contribution in [-0.4, -0.2) is 31.3 Å². The molecule has 1 atom stereocenters. The van der Waals surface area contributed by atoms with Gasteiger partial charge in [0.2, 0.25) is 5.91 Å². The lowest BCUT2D eigenvalue weighted by Crippen LogP contribution is -2.30. The zero-order valence-electron chi connectivity index (χ0n) is 15.2. The number of esters is 1. The zero-order valence-corrected chi connectivity index (χ0v) is 16.0. The first-order valence-electron chi connectivity index (χ1n) is 8.23. The van der Waals surface area contributed by atoms with Crippen LogP contribution in [0.1, 0.15) is 28.4 Å². The second-order valence-electron chi connectivity index (χ2n) is 5.67. The van der Waals surface area contributed by atoms with Crippen LogP contribution in [0.25, 0.3) is 0 Å². The number of rotatable bonds is 8. The quantitative estimate of drug-likeness (QED) is 0.718. The van der Waals surface area contributed by atoms with Gasteiger partial charge in [-0.15, -0.1) is 11.8 Å². The fourth-order valence-corrected chi connectivity index (χ4v) is 3.20. The minimum Gasteiger partial charge on any atom is -0.496 e. The van der Waals surface area contributed by atoms with Crippen molar-refractivity contribution in [2.24, 2.45) is 0 Å². The molecule has 0 saturated heterocycles. The zero-order chi connectivity index (χ0) is 18.9. The smallest absolute Gasteiger partial charge is 0.337 e. The average molecular weight is 373 g/mol. The number of ether oxygens (including phenoxy) is 2. The van der Waals surface area contributed by atoms with Crippen molar-refractivity contribution in [3.63, 3.8) is 0 Å². The number of para-hydroxylation sites is 1. The molecule has 0 aliphatic rings. The molecular formula is C20H23NO4S. The molecule has 0 saturated carbocycles. The molecule has 6 heteroatoms. The Kier molecular flexibility index (Phi) is 7.53. The molecule has 0 aliphatic heterocycles.